The van der Waals surface area contributed by atoms with Gasteiger partial charge in [-0.3, -0.25) is 14.9 Å². The first-order chi connectivity index (χ1) is 17.3. The van der Waals surface area contributed by atoms with Gasteiger partial charge in [0.2, 0.25) is 0 Å². The van der Waals surface area contributed by atoms with Gasteiger partial charge in [0.15, 0.2) is 11.5 Å². The lowest BCUT2D eigenvalue weighted by Crippen LogP contribution is -2.54. The van der Waals surface area contributed by atoms with E-state index in [2.05, 4.69) is 27.9 Å². The van der Waals surface area contributed by atoms with E-state index in [-0.39, 0.29) is 5.57 Å². The molecular formula is C28H25IN2O5. The summed E-state index contributed by atoms with van der Waals surface area (Å²) in [5.41, 5.74) is 3.64. The van der Waals surface area contributed by atoms with Crippen LogP contribution in [0, 0.1) is 17.4 Å². The molecule has 0 spiro atoms. The number of ether oxygens (including phenoxy) is 2. The number of aryl methyl sites for hydroxylation is 2. The van der Waals surface area contributed by atoms with Crippen LogP contribution in [-0.2, 0) is 16.2 Å². The van der Waals surface area contributed by atoms with Gasteiger partial charge in [-0.15, -0.1) is 0 Å². The number of nitrogens with zero attached hydrogens (tertiary/aromatic N) is 1. The number of carbonyl (C=O) groups excluding carboxylic acids is 3. The minimum absolute atomic E-state index is 0.148. The molecule has 4 amide bonds. The number of urea groups is 1. The van der Waals surface area contributed by atoms with Crippen molar-refractivity contribution in [1.29, 1.82) is 0 Å². The normalized spacial score (nSPS) is 14.7. The van der Waals surface area contributed by atoms with Crippen LogP contribution in [0.3, 0.4) is 0 Å². The third kappa shape index (κ3) is 5.59. The quantitative estimate of drug-likeness (QED) is 0.220. The fourth-order valence-electron chi connectivity index (χ4n) is 3.94. The van der Waals surface area contributed by atoms with E-state index in [4.69, 9.17) is 9.47 Å². The topological polar surface area (TPSA) is 84.9 Å². The number of hydrogen-bond acceptors (Lipinski definition) is 5. The predicted molar refractivity (Wildman–Crippen MR) is 146 cm³/mol. The van der Waals surface area contributed by atoms with Gasteiger partial charge >= 0.3 is 6.03 Å². The Morgan fingerprint density at radius 2 is 1.64 bits per heavy atom. The summed E-state index contributed by atoms with van der Waals surface area (Å²) in [5.74, 6) is -0.359. The average Bonchev–Trinajstić information content (AvgIpc) is 2.81. The van der Waals surface area contributed by atoms with Gasteiger partial charge in [-0.2, -0.15) is 0 Å². The first-order valence-corrected chi connectivity index (χ1v) is 12.5. The molecule has 1 aliphatic rings. The van der Waals surface area contributed by atoms with Crippen molar-refractivity contribution in [1.82, 2.24) is 5.32 Å². The minimum Gasteiger partial charge on any atom is -0.490 e. The molecule has 1 fully saturated rings. The summed E-state index contributed by atoms with van der Waals surface area (Å²) in [6.45, 7) is 6.40. The maximum atomic E-state index is 13.3. The molecule has 36 heavy (non-hydrogen) atoms. The van der Waals surface area contributed by atoms with Crippen molar-refractivity contribution in [2.45, 2.75) is 27.4 Å². The molecule has 0 radical (unpaired) electrons. The van der Waals surface area contributed by atoms with Crippen molar-refractivity contribution >= 4 is 52.2 Å². The summed E-state index contributed by atoms with van der Waals surface area (Å²) in [5, 5.41) is 2.27. The summed E-state index contributed by atoms with van der Waals surface area (Å²) in [6, 6.07) is 17.9. The molecule has 0 aliphatic carbocycles. The zero-order valence-electron chi connectivity index (χ0n) is 20.1. The highest BCUT2D eigenvalue weighted by molar-refractivity contribution is 14.1. The number of barbiturate groups is 1. The van der Waals surface area contributed by atoms with Crippen LogP contribution in [-0.4, -0.2) is 24.5 Å². The van der Waals surface area contributed by atoms with Gasteiger partial charge < -0.3 is 9.47 Å². The van der Waals surface area contributed by atoms with Crippen LogP contribution in [0.25, 0.3) is 6.08 Å². The van der Waals surface area contributed by atoms with Crippen molar-refractivity contribution in [3.8, 4) is 11.5 Å². The van der Waals surface area contributed by atoms with E-state index in [1.54, 1.807) is 24.3 Å². The standard InChI is InChI=1S/C28H25IN2O5/c1-4-35-24-15-20(14-23(29)25(24)36-16-19-8-6-5-7-9-19)13-22-26(32)30-28(34)31(27(22)33)21-11-17(2)10-18(3)12-21/h5-15H,4,16H2,1-3H3,(H,30,32,34)/b22-13+. The second kappa shape index (κ2) is 10.9. The third-order valence-corrected chi connectivity index (χ3v) is 6.24. The molecule has 1 saturated heterocycles. The van der Waals surface area contributed by atoms with Gasteiger partial charge in [-0.1, -0.05) is 36.4 Å². The molecule has 3 aromatic carbocycles. The van der Waals surface area contributed by atoms with Crippen LogP contribution in [0.1, 0.15) is 29.2 Å². The Labute approximate surface area is 223 Å². The lowest BCUT2D eigenvalue weighted by atomic mass is 10.0. The molecule has 0 aromatic heterocycles. The molecule has 0 atom stereocenters. The van der Waals surface area contributed by atoms with Crippen LogP contribution >= 0.6 is 22.6 Å². The monoisotopic (exact) mass is 596 g/mol. The number of amides is 4. The van der Waals surface area contributed by atoms with Gasteiger partial charge in [-0.25, -0.2) is 9.69 Å². The van der Waals surface area contributed by atoms with E-state index in [9.17, 15) is 14.4 Å². The largest absolute Gasteiger partial charge is 0.490 e. The number of benzene rings is 3. The Morgan fingerprint density at radius 1 is 0.944 bits per heavy atom. The van der Waals surface area contributed by atoms with E-state index in [1.807, 2.05) is 57.2 Å². The van der Waals surface area contributed by atoms with E-state index >= 15 is 0 Å². The van der Waals surface area contributed by atoms with Crippen LogP contribution in [0.5, 0.6) is 11.5 Å². The van der Waals surface area contributed by atoms with Gasteiger partial charge in [0, 0.05) is 0 Å². The number of hydrogen-bond donors (Lipinski definition) is 1. The highest BCUT2D eigenvalue weighted by atomic mass is 127. The zero-order chi connectivity index (χ0) is 25.8. The Bertz CT molecular complexity index is 1350. The van der Waals surface area contributed by atoms with Crippen molar-refractivity contribution in [3.05, 3.63) is 92.1 Å². The molecular weight excluding hydrogens is 571 g/mol. The highest BCUT2D eigenvalue weighted by Crippen LogP contribution is 2.36. The van der Waals surface area contributed by atoms with Gasteiger partial charge in [0.25, 0.3) is 11.8 Å². The van der Waals surface area contributed by atoms with Gasteiger partial charge in [0.1, 0.15) is 12.2 Å². The molecule has 0 saturated carbocycles. The fourth-order valence-corrected chi connectivity index (χ4v) is 4.72. The fraction of sp³-hybridized carbons (Fsp3) is 0.179. The molecule has 1 aliphatic heterocycles. The number of rotatable bonds is 7. The molecule has 0 unspecified atom stereocenters. The molecule has 8 heteroatoms. The maximum absolute atomic E-state index is 13.3. The third-order valence-electron chi connectivity index (χ3n) is 5.44. The predicted octanol–water partition coefficient (Wildman–Crippen LogP) is 5.55. The van der Waals surface area contributed by atoms with Crippen LogP contribution in [0.4, 0.5) is 10.5 Å². The van der Waals surface area contributed by atoms with Crippen LogP contribution in [0.2, 0.25) is 0 Å². The van der Waals surface area contributed by atoms with Crippen LogP contribution in [0.15, 0.2) is 66.2 Å². The van der Waals surface area contributed by atoms with Crippen molar-refractivity contribution in [2.75, 3.05) is 11.5 Å². The summed E-state index contributed by atoms with van der Waals surface area (Å²) in [6.07, 6.45) is 1.46. The SMILES string of the molecule is CCOc1cc(/C=C2\C(=O)NC(=O)N(c3cc(C)cc(C)c3)C2=O)cc(I)c1OCc1ccccc1. The molecule has 184 valence electrons. The Balaban J connectivity index is 1.68. The number of anilines is 1. The van der Waals surface area contributed by atoms with Gasteiger partial charge in [-0.05, 0) is 96.0 Å². The van der Waals surface area contributed by atoms with Gasteiger partial charge in [0.05, 0.1) is 15.9 Å². The van der Waals surface area contributed by atoms with E-state index in [0.29, 0.717) is 36.0 Å². The van der Waals surface area contributed by atoms with Crippen molar-refractivity contribution < 1.29 is 23.9 Å². The zero-order valence-corrected chi connectivity index (χ0v) is 22.3. The molecule has 1 heterocycles. The second-order valence-electron chi connectivity index (χ2n) is 8.34. The Morgan fingerprint density at radius 3 is 2.31 bits per heavy atom. The summed E-state index contributed by atoms with van der Waals surface area (Å²) < 4.78 is 12.6. The Kier molecular flexibility index (Phi) is 7.73. The lowest BCUT2D eigenvalue weighted by molar-refractivity contribution is -0.122. The number of carbonyl (C=O) groups is 3. The first kappa shape index (κ1) is 25.4. The Hall–Kier alpha value is -3.66. The molecule has 7 nitrogen and oxygen atoms in total. The van der Waals surface area contributed by atoms with Crippen molar-refractivity contribution in [3.63, 3.8) is 0 Å². The number of nitrogens with one attached hydrogen (secondary N) is 1. The smallest absolute Gasteiger partial charge is 0.335 e. The molecule has 1 N–H and O–H groups in total. The number of imide groups is 2. The lowest BCUT2D eigenvalue weighted by Gasteiger charge is -2.27. The maximum Gasteiger partial charge on any atom is 0.335 e. The number of halogens is 1. The molecule has 4 rings (SSSR count). The summed E-state index contributed by atoms with van der Waals surface area (Å²) >= 11 is 2.14. The summed E-state index contributed by atoms with van der Waals surface area (Å²) in [4.78, 5) is 39.5. The van der Waals surface area contributed by atoms with E-state index in [1.165, 1.54) is 6.08 Å². The second-order valence-corrected chi connectivity index (χ2v) is 9.50. The van der Waals surface area contributed by atoms with E-state index < -0.39 is 17.8 Å². The highest BCUT2D eigenvalue weighted by Gasteiger charge is 2.37. The molecule has 3 aromatic rings. The molecule has 0 bridgehead atoms. The average molecular weight is 596 g/mol. The summed E-state index contributed by atoms with van der Waals surface area (Å²) in [7, 11) is 0. The van der Waals surface area contributed by atoms with Crippen molar-refractivity contribution in [2.24, 2.45) is 0 Å². The minimum atomic E-state index is -0.776. The van der Waals surface area contributed by atoms with Crippen LogP contribution < -0.4 is 19.7 Å². The van der Waals surface area contributed by atoms with E-state index in [0.717, 1.165) is 25.2 Å². The first-order valence-electron chi connectivity index (χ1n) is 11.4.